The van der Waals surface area contributed by atoms with Crippen molar-refractivity contribution in [2.24, 2.45) is 0 Å². The highest BCUT2D eigenvalue weighted by atomic mass is 16.1. The van der Waals surface area contributed by atoms with Gasteiger partial charge in [0.05, 0.1) is 23.5 Å². The van der Waals surface area contributed by atoms with Gasteiger partial charge in [-0.1, -0.05) is 29.8 Å². The van der Waals surface area contributed by atoms with Crippen LogP contribution in [-0.2, 0) is 6.54 Å². The molecule has 0 aliphatic heterocycles. The van der Waals surface area contributed by atoms with Crippen LogP contribution in [0.25, 0.3) is 0 Å². The third kappa shape index (κ3) is 4.46. The molecular weight excluding hydrogens is 324 g/mol. The van der Waals surface area contributed by atoms with Crippen molar-refractivity contribution in [3.05, 3.63) is 89.2 Å². The Labute approximate surface area is 152 Å². The molecule has 3 rings (SSSR count). The molecule has 1 aromatic heterocycles. The maximum Gasteiger partial charge on any atom is 0.270 e. The number of aromatic nitrogens is 1. The molecule has 1 heterocycles. The molecule has 5 heteroatoms. The van der Waals surface area contributed by atoms with Gasteiger partial charge < -0.3 is 10.6 Å². The van der Waals surface area contributed by atoms with Crippen molar-refractivity contribution in [3.63, 3.8) is 0 Å². The largest absolute Gasteiger partial charge is 0.354 e. The third-order valence-electron chi connectivity index (χ3n) is 3.87. The first-order valence-corrected chi connectivity index (χ1v) is 8.21. The fourth-order valence-corrected chi connectivity index (χ4v) is 2.38. The minimum absolute atomic E-state index is 0.213. The first kappa shape index (κ1) is 17.2. The molecule has 0 radical (unpaired) electrons. The number of nitriles is 1. The van der Waals surface area contributed by atoms with Gasteiger partial charge in [-0.3, -0.25) is 4.79 Å². The van der Waals surface area contributed by atoms with Crippen molar-refractivity contribution in [1.82, 2.24) is 10.3 Å². The summed E-state index contributed by atoms with van der Waals surface area (Å²) < 4.78 is 0. The van der Waals surface area contributed by atoms with Gasteiger partial charge in [0.2, 0.25) is 0 Å². The van der Waals surface area contributed by atoms with E-state index in [-0.39, 0.29) is 5.91 Å². The molecular formula is C21H18N4O. The summed E-state index contributed by atoms with van der Waals surface area (Å²) in [5.41, 5.74) is 4.82. The number of benzene rings is 2. The highest BCUT2D eigenvalue weighted by molar-refractivity contribution is 5.92. The Hall–Kier alpha value is -3.65. The van der Waals surface area contributed by atoms with E-state index >= 15 is 0 Å². The average Bonchev–Trinajstić information content (AvgIpc) is 2.68. The average molecular weight is 342 g/mol. The lowest BCUT2D eigenvalue weighted by Gasteiger charge is -2.08. The van der Waals surface area contributed by atoms with E-state index in [1.807, 2.05) is 43.3 Å². The molecule has 2 N–H and O–H groups in total. The van der Waals surface area contributed by atoms with Crippen LogP contribution in [0.1, 0.15) is 27.2 Å². The number of hydrogen-bond acceptors (Lipinski definition) is 4. The van der Waals surface area contributed by atoms with E-state index in [9.17, 15) is 4.79 Å². The number of hydrogen-bond donors (Lipinski definition) is 2. The molecule has 0 spiro atoms. The van der Waals surface area contributed by atoms with Gasteiger partial charge in [0, 0.05) is 12.2 Å². The molecule has 2 aromatic carbocycles. The van der Waals surface area contributed by atoms with Crippen molar-refractivity contribution in [2.75, 3.05) is 5.32 Å². The molecule has 0 unspecified atom stereocenters. The van der Waals surface area contributed by atoms with Crippen LogP contribution in [0.15, 0.2) is 66.9 Å². The standard InChI is InChI=1S/C21H18N4O/c1-15-2-4-17(5-3-15)13-24-21(26)20-11-10-19(14-23-20)25-18-8-6-16(12-22)7-9-18/h2-11,14,25H,13H2,1H3,(H,24,26). The number of rotatable bonds is 5. The van der Waals surface area contributed by atoms with Crippen LogP contribution >= 0.6 is 0 Å². The van der Waals surface area contributed by atoms with Gasteiger partial charge in [-0.15, -0.1) is 0 Å². The first-order valence-electron chi connectivity index (χ1n) is 8.21. The van der Waals surface area contributed by atoms with Crippen molar-refractivity contribution in [2.45, 2.75) is 13.5 Å². The molecule has 5 nitrogen and oxygen atoms in total. The van der Waals surface area contributed by atoms with Gasteiger partial charge in [-0.25, -0.2) is 4.98 Å². The molecule has 0 aliphatic carbocycles. The van der Waals surface area contributed by atoms with Crippen LogP contribution in [0, 0.1) is 18.3 Å². The lowest BCUT2D eigenvalue weighted by Crippen LogP contribution is -2.23. The van der Waals surface area contributed by atoms with Crippen LogP contribution in [-0.4, -0.2) is 10.9 Å². The molecule has 0 atom stereocenters. The first-order chi connectivity index (χ1) is 12.6. The number of carbonyl (C=O) groups is 1. The van der Waals surface area contributed by atoms with Gasteiger partial charge in [0.15, 0.2) is 0 Å². The molecule has 0 aliphatic rings. The van der Waals surface area contributed by atoms with Crippen molar-refractivity contribution in [3.8, 4) is 6.07 Å². The Morgan fingerprint density at radius 3 is 2.31 bits per heavy atom. The minimum atomic E-state index is -0.213. The number of carbonyl (C=O) groups excluding carboxylic acids is 1. The van der Waals surface area contributed by atoms with Crippen molar-refractivity contribution < 1.29 is 4.79 Å². The van der Waals surface area contributed by atoms with E-state index in [0.29, 0.717) is 17.8 Å². The Morgan fingerprint density at radius 2 is 1.69 bits per heavy atom. The van der Waals surface area contributed by atoms with E-state index in [1.54, 1.807) is 30.5 Å². The fourth-order valence-electron chi connectivity index (χ4n) is 2.38. The van der Waals surface area contributed by atoms with Crippen LogP contribution in [0.3, 0.4) is 0 Å². The van der Waals surface area contributed by atoms with Gasteiger partial charge in [-0.2, -0.15) is 5.26 Å². The molecule has 3 aromatic rings. The Balaban J connectivity index is 1.58. The predicted molar refractivity (Wildman–Crippen MR) is 101 cm³/mol. The molecule has 0 saturated carbocycles. The molecule has 0 fully saturated rings. The SMILES string of the molecule is Cc1ccc(CNC(=O)c2ccc(Nc3ccc(C#N)cc3)cn2)cc1. The molecule has 0 saturated heterocycles. The summed E-state index contributed by atoms with van der Waals surface area (Å²) in [6.07, 6.45) is 1.61. The highest BCUT2D eigenvalue weighted by Crippen LogP contribution is 2.16. The second kappa shape index (κ2) is 7.95. The quantitative estimate of drug-likeness (QED) is 0.736. The van der Waals surface area contributed by atoms with Gasteiger partial charge in [0.1, 0.15) is 5.69 Å². The topological polar surface area (TPSA) is 77.8 Å². The minimum Gasteiger partial charge on any atom is -0.354 e. The zero-order chi connectivity index (χ0) is 18.4. The van der Waals surface area contributed by atoms with Crippen molar-refractivity contribution >= 4 is 17.3 Å². The maximum atomic E-state index is 12.2. The van der Waals surface area contributed by atoms with Crippen LogP contribution in [0.2, 0.25) is 0 Å². The number of nitrogens with one attached hydrogen (secondary N) is 2. The van der Waals surface area contributed by atoms with E-state index in [1.165, 1.54) is 5.56 Å². The smallest absolute Gasteiger partial charge is 0.270 e. The maximum absolute atomic E-state index is 12.2. The predicted octanol–water partition coefficient (Wildman–Crippen LogP) is 3.94. The lowest BCUT2D eigenvalue weighted by atomic mass is 10.1. The lowest BCUT2D eigenvalue weighted by molar-refractivity contribution is 0.0946. The number of pyridine rings is 1. The van der Waals surface area contributed by atoms with E-state index in [0.717, 1.165) is 16.9 Å². The summed E-state index contributed by atoms with van der Waals surface area (Å²) in [5, 5.41) is 14.9. The number of aryl methyl sites for hydroxylation is 1. The number of nitrogens with zero attached hydrogens (tertiary/aromatic N) is 2. The van der Waals surface area contributed by atoms with Crippen LogP contribution in [0.5, 0.6) is 0 Å². The van der Waals surface area contributed by atoms with Crippen LogP contribution < -0.4 is 10.6 Å². The second-order valence-electron chi connectivity index (χ2n) is 5.91. The fraction of sp³-hybridized carbons (Fsp3) is 0.0952. The van der Waals surface area contributed by atoms with Gasteiger partial charge in [-0.05, 0) is 48.9 Å². The monoisotopic (exact) mass is 342 g/mol. The van der Waals surface area contributed by atoms with E-state index in [4.69, 9.17) is 5.26 Å². The summed E-state index contributed by atoms with van der Waals surface area (Å²) in [7, 11) is 0. The Kier molecular flexibility index (Phi) is 5.25. The molecule has 1 amide bonds. The van der Waals surface area contributed by atoms with Crippen molar-refractivity contribution in [1.29, 1.82) is 5.26 Å². The second-order valence-corrected chi connectivity index (χ2v) is 5.91. The molecule has 26 heavy (non-hydrogen) atoms. The zero-order valence-corrected chi connectivity index (χ0v) is 14.4. The van der Waals surface area contributed by atoms with Gasteiger partial charge >= 0.3 is 0 Å². The zero-order valence-electron chi connectivity index (χ0n) is 14.4. The Morgan fingerprint density at radius 1 is 1.00 bits per heavy atom. The third-order valence-corrected chi connectivity index (χ3v) is 3.87. The highest BCUT2D eigenvalue weighted by Gasteiger charge is 2.07. The molecule has 128 valence electrons. The molecule has 0 bridgehead atoms. The summed E-state index contributed by atoms with van der Waals surface area (Å²) in [4.78, 5) is 16.4. The Bertz CT molecular complexity index is 924. The normalized spacial score (nSPS) is 10.0. The van der Waals surface area contributed by atoms with Crippen LogP contribution in [0.4, 0.5) is 11.4 Å². The summed E-state index contributed by atoms with van der Waals surface area (Å²) >= 11 is 0. The summed E-state index contributed by atoms with van der Waals surface area (Å²) in [6.45, 7) is 2.49. The van der Waals surface area contributed by atoms with E-state index < -0.39 is 0 Å². The summed E-state index contributed by atoms with van der Waals surface area (Å²) in [5.74, 6) is -0.213. The number of anilines is 2. The summed E-state index contributed by atoms with van der Waals surface area (Å²) in [6, 6.07) is 20.7. The van der Waals surface area contributed by atoms with E-state index in [2.05, 4.69) is 21.7 Å². The van der Waals surface area contributed by atoms with Gasteiger partial charge in [0.25, 0.3) is 5.91 Å². The number of amides is 1.